The van der Waals surface area contributed by atoms with Crippen LogP contribution in [0, 0.1) is 0 Å². The molecule has 0 aromatic heterocycles. The van der Waals surface area contributed by atoms with Crippen molar-refractivity contribution in [1.82, 2.24) is 15.1 Å². The van der Waals surface area contributed by atoms with Gasteiger partial charge in [-0.1, -0.05) is 6.92 Å². The van der Waals surface area contributed by atoms with Crippen LogP contribution in [0.3, 0.4) is 0 Å². The molecule has 1 aliphatic heterocycles. The highest BCUT2D eigenvalue weighted by Crippen LogP contribution is 2.25. The minimum Gasteiger partial charge on any atom is -0.495 e. The van der Waals surface area contributed by atoms with Crippen molar-refractivity contribution in [3.8, 4) is 5.75 Å². The number of likely N-dealkylation sites (N-methyl/N-ethyl adjacent to an activating group) is 1. The molecule has 8 heteroatoms. The molecule has 0 unspecified atom stereocenters. The summed E-state index contributed by atoms with van der Waals surface area (Å²) in [6.07, 6.45) is 1.10. The van der Waals surface area contributed by atoms with E-state index in [1.54, 1.807) is 6.07 Å². The van der Waals surface area contributed by atoms with Gasteiger partial charge in [-0.05, 0) is 38.6 Å². The standard InChI is InChI=1S/C19H31N3O4S/c1-6-21-9-11-22(12-10-21)19(2,3)14-20-18(23)15-7-8-16(26-4)17(13-15)27(5,24)25/h7-8,13H,6,9-12,14H2,1-5H3,(H,20,23). The van der Waals surface area contributed by atoms with Crippen molar-refractivity contribution in [1.29, 1.82) is 0 Å². The second-order valence-electron chi connectivity index (χ2n) is 7.55. The number of piperazine rings is 1. The number of benzene rings is 1. The number of sulfone groups is 1. The van der Waals surface area contributed by atoms with Gasteiger partial charge in [0.1, 0.15) is 10.6 Å². The monoisotopic (exact) mass is 397 g/mol. The summed E-state index contributed by atoms with van der Waals surface area (Å²) >= 11 is 0. The van der Waals surface area contributed by atoms with Crippen molar-refractivity contribution in [2.45, 2.75) is 31.2 Å². The van der Waals surface area contributed by atoms with Crippen LogP contribution in [0.1, 0.15) is 31.1 Å². The quantitative estimate of drug-likeness (QED) is 0.746. The van der Waals surface area contributed by atoms with Crippen molar-refractivity contribution in [3.63, 3.8) is 0 Å². The molecule has 1 aromatic carbocycles. The lowest BCUT2D eigenvalue weighted by Gasteiger charge is -2.44. The van der Waals surface area contributed by atoms with Crippen molar-refractivity contribution in [3.05, 3.63) is 23.8 Å². The van der Waals surface area contributed by atoms with Gasteiger partial charge in [-0.3, -0.25) is 9.69 Å². The fourth-order valence-electron chi connectivity index (χ4n) is 3.29. The molecule has 2 rings (SSSR count). The lowest BCUT2D eigenvalue weighted by Crippen LogP contribution is -2.58. The minimum absolute atomic E-state index is 0.0209. The number of nitrogens with zero attached hydrogens (tertiary/aromatic N) is 2. The molecule has 0 bridgehead atoms. The van der Waals surface area contributed by atoms with E-state index in [0.29, 0.717) is 12.1 Å². The van der Waals surface area contributed by atoms with E-state index in [2.05, 4.69) is 35.9 Å². The summed E-state index contributed by atoms with van der Waals surface area (Å²) in [5.41, 5.74) is 0.129. The molecule has 1 aliphatic rings. The van der Waals surface area contributed by atoms with Crippen LogP contribution in [0.4, 0.5) is 0 Å². The molecule has 0 spiro atoms. The topological polar surface area (TPSA) is 79.0 Å². The van der Waals surface area contributed by atoms with E-state index in [1.165, 1.54) is 19.2 Å². The number of hydrogen-bond acceptors (Lipinski definition) is 6. The van der Waals surface area contributed by atoms with E-state index in [-0.39, 0.29) is 22.1 Å². The Bertz CT molecular complexity index is 769. The van der Waals surface area contributed by atoms with Crippen LogP contribution in [-0.2, 0) is 9.84 Å². The fraction of sp³-hybridized carbons (Fsp3) is 0.632. The van der Waals surface area contributed by atoms with Gasteiger partial charge in [0, 0.05) is 50.1 Å². The molecule has 1 fully saturated rings. The Labute approximate surface area is 162 Å². The zero-order valence-corrected chi connectivity index (χ0v) is 17.7. The predicted octanol–water partition coefficient (Wildman–Crippen LogP) is 1.24. The molecule has 0 aliphatic carbocycles. The van der Waals surface area contributed by atoms with Gasteiger partial charge in [0.15, 0.2) is 9.84 Å². The third kappa shape index (κ3) is 5.43. The minimum atomic E-state index is -3.49. The van der Waals surface area contributed by atoms with E-state index in [9.17, 15) is 13.2 Å². The lowest BCUT2D eigenvalue weighted by molar-refractivity contribution is 0.0521. The van der Waals surface area contributed by atoms with Crippen LogP contribution in [0.15, 0.2) is 23.1 Å². The first-order chi connectivity index (χ1) is 12.6. The van der Waals surface area contributed by atoms with Crippen LogP contribution in [0.25, 0.3) is 0 Å². The fourth-order valence-corrected chi connectivity index (χ4v) is 4.15. The van der Waals surface area contributed by atoms with Gasteiger partial charge in [0.2, 0.25) is 0 Å². The Morgan fingerprint density at radius 1 is 1.22 bits per heavy atom. The Kier molecular flexibility index (Phi) is 6.88. The summed E-state index contributed by atoms with van der Waals surface area (Å²) in [5.74, 6) is -0.0500. The molecule has 1 N–H and O–H groups in total. The van der Waals surface area contributed by atoms with Gasteiger partial charge >= 0.3 is 0 Å². The van der Waals surface area contributed by atoms with Crippen LogP contribution >= 0.6 is 0 Å². The summed E-state index contributed by atoms with van der Waals surface area (Å²) < 4.78 is 29.0. The summed E-state index contributed by atoms with van der Waals surface area (Å²) in [7, 11) is -2.08. The number of carbonyl (C=O) groups excluding carboxylic acids is 1. The summed E-state index contributed by atoms with van der Waals surface area (Å²) in [5, 5.41) is 2.95. The smallest absolute Gasteiger partial charge is 0.251 e. The second-order valence-corrected chi connectivity index (χ2v) is 9.54. The Morgan fingerprint density at radius 2 is 1.85 bits per heavy atom. The first kappa shape index (κ1) is 21.7. The van der Waals surface area contributed by atoms with Crippen molar-refractivity contribution >= 4 is 15.7 Å². The highest BCUT2D eigenvalue weighted by molar-refractivity contribution is 7.90. The van der Waals surface area contributed by atoms with Gasteiger partial charge in [0.25, 0.3) is 5.91 Å². The van der Waals surface area contributed by atoms with Crippen molar-refractivity contribution in [2.24, 2.45) is 0 Å². The van der Waals surface area contributed by atoms with E-state index in [0.717, 1.165) is 39.0 Å². The number of ether oxygens (including phenoxy) is 1. The maximum absolute atomic E-state index is 12.6. The SMILES string of the molecule is CCN1CCN(C(C)(C)CNC(=O)c2ccc(OC)c(S(C)(=O)=O)c2)CC1. The number of nitrogens with one attached hydrogen (secondary N) is 1. The first-order valence-electron chi connectivity index (χ1n) is 9.22. The molecule has 152 valence electrons. The van der Waals surface area contributed by atoms with Gasteiger partial charge in [-0.15, -0.1) is 0 Å². The van der Waals surface area contributed by atoms with E-state index >= 15 is 0 Å². The van der Waals surface area contributed by atoms with E-state index < -0.39 is 9.84 Å². The van der Waals surface area contributed by atoms with Crippen molar-refractivity contribution in [2.75, 3.05) is 52.6 Å². The third-order valence-electron chi connectivity index (χ3n) is 5.18. The van der Waals surface area contributed by atoms with Gasteiger partial charge in [-0.25, -0.2) is 8.42 Å². The Morgan fingerprint density at radius 3 is 2.37 bits per heavy atom. The molecular formula is C19H31N3O4S. The van der Waals surface area contributed by atoms with Gasteiger partial charge < -0.3 is 15.0 Å². The number of hydrogen-bond donors (Lipinski definition) is 1. The summed E-state index contributed by atoms with van der Waals surface area (Å²) in [6, 6.07) is 4.47. The first-order valence-corrected chi connectivity index (χ1v) is 11.1. The molecule has 27 heavy (non-hydrogen) atoms. The Balaban J connectivity index is 2.05. The molecule has 1 aromatic rings. The van der Waals surface area contributed by atoms with E-state index in [4.69, 9.17) is 4.74 Å². The van der Waals surface area contributed by atoms with Crippen LogP contribution in [0.2, 0.25) is 0 Å². The zero-order chi connectivity index (χ0) is 20.2. The Hall–Kier alpha value is -1.64. The molecular weight excluding hydrogens is 366 g/mol. The maximum Gasteiger partial charge on any atom is 0.251 e. The van der Waals surface area contributed by atoms with Crippen LogP contribution in [0.5, 0.6) is 5.75 Å². The molecule has 0 atom stereocenters. The summed E-state index contributed by atoms with van der Waals surface area (Å²) in [4.78, 5) is 17.4. The largest absolute Gasteiger partial charge is 0.495 e. The second kappa shape index (κ2) is 8.58. The molecule has 1 amide bonds. The zero-order valence-electron chi connectivity index (χ0n) is 16.9. The number of carbonyl (C=O) groups is 1. The third-order valence-corrected chi connectivity index (χ3v) is 6.30. The average molecular weight is 398 g/mol. The molecule has 0 saturated carbocycles. The van der Waals surface area contributed by atoms with Crippen molar-refractivity contribution < 1.29 is 17.9 Å². The van der Waals surface area contributed by atoms with Crippen LogP contribution in [-0.4, -0.2) is 82.3 Å². The lowest BCUT2D eigenvalue weighted by atomic mass is 10.0. The average Bonchev–Trinajstić information content (AvgIpc) is 2.65. The normalized spacial score (nSPS) is 16.9. The highest BCUT2D eigenvalue weighted by atomic mass is 32.2. The highest BCUT2D eigenvalue weighted by Gasteiger charge is 2.30. The molecule has 1 heterocycles. The van der Waals surface area contributed by atoms with Gasteiger partial charge in [0.05, 0.1) is 7.11 Å². The molecule has 0 radical (unpaired) electrons. The summed E-state index contributed by atoms with van der Waals surface area (Å²) in [6.45, 7) is 11.9. The van der Waals surface area contributed by atoms with E-state index in [1.807, 2.05) is 0 Å². The number of methoxy groups -OCH3 is 1. The number of amides is 1. The maximum atomic E-state index is 12.6. The predicted molar refractivity (Wildman–Crippen MR) is 106 cm³/mol. The number of rotatable bonds is 7. The van der Waals surface area contributed by atoms with Gasteiger partial charge in [-0.2, -0.15) is 0 Å². The molecule has 1 saturated heterocycles. The van der Waals surface area contributed by atoms with Crippen LogP contribution < -0.4 is 10.1 Å². The molecule has 7 nitrogen and oxygen atoms in total.